The van der Waals surface area contributed by atoms with Crippen LogP contribution in [-0.4, -0.2) is 28.4 Å². The average molecular weight is 393 g/mol. The number of benzene rings is 1. The Morgan fingerprint density at radius 2 is 1.89 bits per heavy atom. The molecule has 0 amide bonds. The van der Waals surface area contributed by atoms with E-state index in [4.69, 9.17) is 0 Å². The van der Waals surface area contributed by atoms with E-state index < -0.39 is 11.7 Å². The van der Waals surface area contributed by atoms with Crippen LogP contribution >= 0.6 is 12.1 Å². The molecule has 0 aliphatic heterocycles. The minimum Gasteiger partial charge on any atom is -0.325 e. The van der Waals surface area contributed by atoms with Crippen molar-refractivity contribution in [2.75, 3.05) is 24.1 Å². The first-order chi connectivity index (χ1) is 12.7. The molecule has 0 spiro atoms. The highest BCUT2D eigenvalue weighted by molar-refractivity contribution is 7.98. The van der Waals surface area contributed by atoms with Crippen LogP contribution in [0.25, 0.3) is 10.9 Å². The first-order valence-electron chi connectivity index (χ1n) is 8.05. The summed E-state index contributed by atoms with van der Waals surface area (Å²) >= 11 is 1.44. The minimum absolute atomic E-state index is 0.0946. The van der Waals surface area contributed by atoms with Gasteiger partial charge in [0, 0.05) is 23.7 Å². The Kier molecular flexibility index (Phi) is 5.43. The molecule has 142 valence electrons. The van der Waals surface area contributed by atoms with Gasteiger partial charge >= 0.3 is 6.18 Å². The number of fused-ring (bicyclic) bond motifs is 1. The van der Waals surface area contributed by atoms with Gasteiger partial charge < -0.3 is 10.0 Å². The number of pyridine rings is 2. The second-order valence-electron chi connectivity index (χ2n) is 6.08. The van der Waals surface area contributed by atoms with E-state index in [1.807, 2.05) is 49.6 Å². The smallest absolute Gasteiger partial charge is 0.325 e. The van der Waals surface area contributed by atoms with Crippen molar-refractivity contribution in [2.24, 2.45) is 0 Å². The predicted molar refractivity (Wildman–Crippen MR) is 104 cm³/mol. The van der Waals surface area contributed by atoms with Crippen LogP contribution in [0.3, 0.4) is 0 Å². The van der Waals surface area contributed by atoms with Crippen molar-refractivity contribution < 1.29 is 13.2 Å². The molecular weight excluding hydrogens is 375 g/mol. The minimum atomic E-state index is -4.42. The van der Waals surface area contributed by atoms with Crippen LogP contribution in [0, 0.1) is 6.92 Å². The number of alkyl halides is 3. The third-order valence-corrected chi connectivity index (χ3v) is 4.40. The van der Waals surface area contributed by atoms with Crippen LogP contribution in [-0.2, 0) is 6.18 Å². The highest BCUT2D eigenvalue weighted by Crippen LogP contribution is 2.32. The van der Waals surface area contributed by atoms with Crippen molar-refractivity contribution in [3.63, 3.8) is 0 Å². The fourth-order valence-electron chi connectivity index (χ4n) is 2.45. The molecule has 9 heteroatoms. The lowest BCUT2D eigenvalue weighted by Crippen LogP contribution is -2.07. The zero-order valence-electron chi connectivity index (χ0n) is 14.9. The van der Waals surface area contributed by atoms with Crippen molar-refractivity contribution in [3.8, 4) is 0 Å². The van der Waals surface area contributed by atoms with Crippen LogP contribution in [0.1, 0.15) is 11.1 Å². The molecule has 0 atom stereocenters. The quantitative estimate of drug-likeness (QED) is 0.579. The van der Waals surface area contributed by atoms with Gasteiger partial charge in [-0.2, -0.15) is 13.2 Å². The summed E-state index contributed by atoms with van der Waals surface area (Å²) in [6.45, 7) is 1.85. The SMILES string of the molecule is Cc1cc2c(NSN(C)C)cccc2nc1Nc1cc(C(F)(F)F)ccn1. The fraction of sp³-hybridized carbons (Fsp3) is 0.222. The largest absolute Gasteiger partial charge is 0.416 e. The van der Waals surface area contributed by atoms with Crippen LogP contribution in [0.5, 0.6) is 0 Å². The van der Waals surface area contributed by atoms with Crippen LogP contribution in [0.2, 0.25) is 0 Å². The number of nitrogens with zero attached hydrogens (tertiary/aromatic N) is 3. The maximum Gasteiger partial charge on any atom is 0.416 e. The Labute approximate surface area is 159 Å². The van der Waals surface area contributed by atoms with Crippen molar-refractivity contribution in [2.45, 2.75) is 13.1 Å². The Morgan fingerprint density at radius 3 is 2.59 bits per heavy atom. The summed E-state index contributed by atoms with van der Waals surface area (Å²) in [5.41, 5.74) is 1.67. The molecule has 3 aromatic rings. The highest BCUT2D eigenvalue weighted by Gasteiger charge is 2.30. The molecule has 2 N–H and O–H groups in total. The third kappa shape index (κ3) is 4.61. The summed E-state index contributed by atoms with van der Waals surface area (Å²) in [5.74, 6) is 0.559. The van der Waals surface area contributed by atoms with E-state index in [9.17, 15) is 13.2 Å². The molecular formula is C18H18F3N5S. The molecule has 1 aromatic carbocycles. The van der Waals surface area contributed by atoms with Gasteiger partial charge in [-0.1, -0.05) is 6.07 Å². The first-order valence-corrected chi connectivity index (χ1v) is 8.82. The van der Waals surface area contributed by atoms with Gasteiger partial charge in [-0.05, 0) is 56.9 Å². The highest BCUT2D eigenvalue weighted by atomic mass is 32.2. The molecule has 2 heterocycles. The Balaban J connectivity index is 1.93. The van der Waals surface area contributed by atoms with E-state index in [0.29, 0.717) is 5.82 Å². The second kappa shape index (κ2) is 7.61. The number of halogens is 3. The van der Waals surface area contributed by atoms with E-state index in [-0.39, 0.29) is 5.82 Å². The molecule has 0 aliphatic rings. The Morgan fingerprint density at radius 1 is 1.11 bits per heavy atom. The van der Waals surface area contributed by atoms with E-state index in [0.717, 1.165) is 40.5 Å². The monoisotopic (exact) mass is 393 g/mol. The molecule has 0 bridgehead atoms. The van der Waals surface area contributed by atoms with Crippen LogP contribution in [0.4, 0.5) is 30.5 Å². The zero-order valence-corrected chi connectivity index (χ0v) is 15.7. The second-order valence-corrected chi connectivity index (χ2v) is 7.20. The lowest BCUT2D eigenvalue weighted by atomic mass is 10.1. The predicted octanol–water partition coefficient (Wildman–Crippen LogP) is 5.24. The van der Waals surface area contributed by atoms with Gasteiger partial charge in [0.25, 0.3) is 0 Å². The first kappa shape index (κ1) is 19.2. The summed E-state index contributed by atoms with van der Waals surface area (Å²) < 4.78 is 43.8. The van der Waals surface area contributed by atoms with Gasteiger partial charge in [-0.15, -0.1) is 0 Å². The molecule has 5 nitrogen and oxygen atoms in total. The normalized spacial score (nSPS) is 11.8. The van der Waals surface area contributed by atoms with Gasteiger partial charge in [0.15, 0.2) is 0 Å². The summed E-state index contributed by atoms with van der Waals surface area (Å²) in [7, 11) is 3.85. The van der Waals surface area contributed by atoms with E-state index >= 15 is 0 Å². The molecule has 0 saturated carbocycles. The average Bonchev–Trinajstić information content (AvgIpc) is 2.60. The molecule has 0 aliphatic carbocycles. The Hall–Kier alpha value is -2.52. The lowest BCUT2D eigenvalue weighted by Gasteiger charge is -2.15. The Bertz CT molecular complexity index is 959. The molecule has 2 aromatic heterocycles. The number of hydrogen-bond acceptors (Lipinski definition) is 6. The maximum absolute atomic E-state index is 12.9. The molecule has 0 fully saturated rings. The van der Waals surface area contributed by atoms with Crippen molar-refractivity contribution in [1.82, 2.24) is 14.3 Å². The van der Waals surface area contributed by atoms with Gasteiger partial charge in [0.2, 0.25) is 0 Å². The molecule has 27 heavy (non-hydrogen) atoms. The number of aromatic nitrogens is 2. The van der Waals surface area contributed by atoms with Gasteiger partial charge in [-0.3, -0.25) is 0 Å². The van der Waals surface area contributed by atoms with Gasteiger partial charge in [0.05, 0.1) is 16.8 Å². The fourth-order valence-corrected chi connectivity index (χ4v) is 2.91. The zero-order chi connectivity index (χ0) is 19.6. The molecule has 3 rings (SSSR count). The summed E-state index contributed by atoms with van der Waals surface area (Å²) in [6, 6.07) is 9.52. The van der Waals surface area contributed by atoms with Crippen LogP contribution < -0.4 is 10.0 Å². The van der Waals surface area contributed by atoms with Crippen molar-refractivity contribution in [3.05, 3.63) is 53.7 Å². The number of hydrogen-bond donors (Lipinski definition) is 2. The van der Waals surface area contributed by atoms with Gasteiger partial charge in [-0.25, -0.2) is 14.3 Å². The lowest BCUT2D eigenvalue weighted by molar-refractivity contribution is -0.137. The summed E-state index contributed by atoms with van der Waals surface area (Å²) in [5, 5.41) is 3.81. The van der Waals surface area contributed by atoms with Gasteiger partial charge in [0.1, 0.15) is 11.6 Å². The standard InChI is InChI=1S/C18H18F3N5S/c1-11-9-13-14(5-4-6-15(13)25-27-26(2)3)23-17(11)24-16-10-12(7-8-22-16)18(19,20)21/h4-10,25H,1-3H3,(H,22,23,24). The number of aryl methyl sites for hydroxylation is 1. The van der Waals surface area contributed by atoms with Crippen molar-refractivity contribution in [1.29, 1.82) is 0 Å². The van der Waals surface area contributed by atoms with E-state index in [1.54, 1.807) is 0 Å². The number of anilines is 3. The molecule has 0 saturated heterocycles. The van der Waals surface area contributed by atoms with Crippen LogP contribution in [0.15, 0.2) is 42.6 Å². The van der Waals surface area contributed by atoms with E-state index in [2.05, 4.69) is 20.0 Å². The summed E-state index contributed by atoms with van der Waals surface area (Å²) in [6.07, 6.45) is -3.29. The molecule has 0 radical (unpaired) electrons. The third-order valence-electron chi connectivity index (χ3n) is 3.72. The molecule has 0 unspecified atom stereocenters. The topological polar surface area (TPSA) is 53.1 Å². The summed E-state index contributed by atoms with van der Waals surface area (Å²) in [4.78, 5) is 8.52. The van der Waals surface area contributed by atoms with Crippen molar-refractivity contribution >= 4 is 40.4 Å². The number of nitrogens with one attached hydrogen (secondary N) is 2. The number of rotatable bonds is 5. The van der Waals surface area contributed by atoms with E-state index in [1.165, 1.54) is 12.1 Å². The maximum atomic E-state index is 12.9.